The molecule has 0 amide bonds. The number of carbonyl (C=O) groups is 1. The minimum absolute atomic E-state index is 0.288. The Kier molecular flexibility index (Phi) is 5.36. The van der Waals surface area contributed by atoms with E-state index in [0.29, 0.717) is 12.1 Å². The number of methoxy groups -OCH3 is 1. The number of aryl methyl sites for hydroxylation is 1. The molecule has 4 nitrogen and oxygen atoms in total. The summed E-state index contributed by atoms with van der Waals surface area (Å²) < 4.78 is 4.60. The SMILES string of the molecule is COC(=O)/C(C)=C/CNCc1ccc(C)nc1. The van der Waals surface area contributed by atoms with E-state index in [4.69, 9.17) is 0 Å². The van der Waals surface area contributed by atoms with E-state index in [1.807, 2.05) is 31.3 Å². The van der Waals surface area contributed by atoms with Crippen LogP contribution >= 0.6 is 0 Å². The van der Waals surface area contributed by atoms with E-state index >= 15 is 0 Å². The number of pyridine rings is 1. The van der Waals surface area contributed by atoms with Crippen LogP contribution in [0.5, 0.6) is 0 Å². The molecule has 0 spiro atoms. The molecule has 92 valence electrons. The second-order valence-corrected chi connectivity index (χ2v) is 3.82. The molecule has 0 aliphatic rings. The third-order valence-electron chi connectivity index (χ3n) is 2.36. The minimum Gasteiger partial charge on any atom is -0.466 e. The summed E-state index contributed by atoms with van der Waals surface area (Å²) >= 11 is 0. The van der Waals surface area contributed by atoms with Crippen molar-refractivity contribution in [1.82, 2.24) is 10.3 Å². The summed E-state index contributed by atoms with van der Waals surface area (Å²) in [6.07, 6.45) is 3.66. The highest BCUT2D eigenvalue weighted by Crippen LogP contribution is 1.99. The van der Waals surface area contributed by atoms with Crippen LogP contribution < -0.4 is 5.32 Å². The number of hydrogen-bond acceptors (Lipinski definition) is 4. The number of ether oxygens (including phenoxy) is 1. The molecule has 1 aromatic heterocycles. The van der Waals surface area contributed by atoms with Gasteiger partial charge in [0.15, 0.2) is 0 Å². The average molecular weight is 234 g/mol. The number of nitrogens with zero attached hydrogens (tertiary/aromatic N) is 1. The van der Waals surface area contributed by atoms with Crippen LogP contribution in [-0.4, -0.2) is 24.6 Å². The highest BCUT2D eigenvalue weighted by Gasteiger charge is 2.01. The molecule has 17 heavy (non-hydrogen) atoms. The Hall–Kier alpha value is -1.68. The van der Waals surface area contributed by atoms with Crippen molar-refractivity contribution in [2.75, 3.05) is 13.7 Å². The van der Waals surface area contributed by atoms with Gasteiger partial charge in [0.25, 0.3) is 0 Å². The fourth-order valence-corrected chi connectivity index (χ4v) is 1.29. The molecule has 1 aromatic rings. The van der Waals surface area contributed by atoms with Crippen molar-refractivity contribution in [3.8, 4) is 0 Å². The van der Waals surface area contributed by atoms with Crippen molar-refractivity contribution in [3.05, 3.63) is 41.2 Å². The van der Waals surface area contributed by atoms with Crippen molar-refractivity contribution < 1.29 is 9.53 Å². The maximum Gasteiger partial charge on any atom is 0.333 e. The summed E-state index contributed by atoms with van der Waals surface area (Å²) in [5, 5.41) is 3.21. The van der Waals surface area contributed by atoms with E-state index in [2.05, 4.69) is 15.0 Å². The molecule has 1 rings (SSSR count). The first kappa shape index (κ1) is 13.4. The molecule has 0 radical (unpaired) electrons. The summed E-state index contributed by atoms with van der Waals surface area (Å²) in [5.74, 6) is -0.288. The van der Waals surface area contributed by atoms with Gasteiger partial charge in [-0.2, -0.15) is 0 Å². The van der Waals surface area contributed by atoms with Crippen LogP contribution in [0.1, 0.15) is 18.2 Å². The Morgan fingerprint density at radius 3 is 2.88 bits per heavy atom. The van der Waals surface area contributed by atoms with Gasteiger partial charge in [-0.15, -0.1) is 0 Å². The molecule has 0 aliphatic heterocycles. The van der Waals surface area contributed by atoms with Crippen molar-refractivity contribution in [2.24, 2.45) is 0 Å². The first-order valence-corrected chi connectivity index (χ1v) is 5.51. The predicted molar refractivity (Wildman–Crippen MR) is 66.5 cm³/mol. The lowest BCUT2D eigenvalue weighted by Crippen LogP contribution is -2.14. The quantitative estimate of drug-likeness (QED) is 0.477. The summed E-state index contributed by atoms with van der Waals surface area (Å²) in [6, 6.07) is 4.01. The second-order valence-electron chi connectivity index (χ2n) is 3.82. The lowest BCUT2D eigenvalue weighted by molar-refractivity contribution is -0.136. The highest BCUT2D eigenvalue weighted by atomic mass is 16.5. The molecule has 0 fully saturated rings. The zero-order valence-corrected chi connectivity index (χ0v) is 10.5. The fourth-order valence-electron chi connectivity index (χ4n) is 1.29. The highest BCUT2D eigenvalue weighted by molar-refractivity contribution is 5.87. The normalized spacial score (nSPS) is 11.4. The molecular weight excluding hydrogens is 216 g/mol. The number of hydrogen-bond donors (Lipinski definition) is 1. The summed E-state index contributed by atoms with van der Waals surface area (Å²) in [4.78, 5) is 15.3. The van der Waals surface area contributed by atoms with Crippen molar-refractivity contribution in [1.29, 1.82) is 0 Å². The minimum atomic E-state index is -0.288. The Morgan fingerprint density at radius 2 is 2.29 bits per heavy atom. The maximum absolute atomic E-state index is 11.1. The van der Waals surface area contributed by atoms with Crippen molar-refractivity contribution >= 4 is 5.97 Å². The van der Waals surface area contributed by atoms with Crippen LogP contribution in [-0.2, 0) is 16.1 Å². The van der Waals surface area contributed by atoms with Crippen molar-refractivity contribution in [3.63, 3.8) is 0 Å². The lowest BCUT2D eigenvalue weighted by Gasteiger charge is -2.03. The van der Waals surface area contributed by atoms with Gasteiger partial charge in [0.05, 0.1) is 7.11 Å². The van der Waals surface area contributed by atoms with E-state index in [1.54, 1.807) is 6.92 Å². The van der Waals surface area contributed by atoms with Gasteiger partial charge in [-0.25, -0.2) is 4.79 Å². The van der Waals surface area contributed by atoms with Gasteiger partial charge in [0.1, 0.15) is 0 Å². The number of esters is 1. The van der Waals surface area contributed by atoms with Gasteiger partial charge in [-0.1, -0.05) is 12.1 Å². The van der Waals surface area contributed by atoms with Crippen LogP contribution in [0.2, 0.25) is 0 Å². The Morgan fingerprint density at radius 1 is 1.53 bits per heavy atom. The van der Waals surface area contributed by atoms with Crippen LogP contribution in [0.15, 0.2) is 30.0 Å². The third kappa shape index (κ3) is 4.78. The van der Waals surface area contributed by atoms with Gasteiger partial charge in [-0.05, 0) is 25.5 Å². The molecule has 0 bridgehead atoms. The Balaban J connectivity index is 2.33. The van der Waals surface area contributed by atoms with Gasteiger partial charge in [0.2, 0.25) is 0 Å². The zero-order valence-electron chi connectivity index (χ0n) is 10.5. The van der Waals surface area contributed by atoms with Gasteiger partial charge < -0.3 is 10.1 Å². The molecule has 0 saturated carbocycles. The fraction of sp³-hybridized carbons (Fsp3) is 0.385. The van der Waals surface area contributed by atoms with Gasteiger partial charge in [0, 0.05) is 30.6 Å². The summed E-state index contributed by atoms with van der Waals surface area (Å²) in [7, 11) is 1.38. The van der Waals surface area contributed by atoms with Gasteiger partial charge >= 0.3 is 5.97 Å². The predicted octanol–water partition coefficient (Wildman–Crippen LogP) is 1.60. The third-order valence-corrected chi connectivity index (χ3v) is 2.36. The summed E-state index contributed by atoms with van der Waals surface area (Å²) in [6.45, 7) is 5.06. The molecule has 1 heterocycles. The molecule has 0 saturated heterocycles. The van der Waals surface area contributed by atoms with E-state index in [0.717, 1.165) is 17.8 Å². The standard InChI is InChI=1S/C13H18N2O2/c1-10(13(16)17-3)6-7-14-8-12-5-4-11(2)15-9-12/h4-6,9,14H,7-8H2,1-3H3/b10-6+. The number of rotatable bonds is 5. The molecule has 4 heteroatoms. The van der Waals surface area contributed by atoms with Crippen LogP contribution in [0.4, 0.5) is 0 Å². The Bertz CT molecular complexity index is 396. The number of carbonyl (C=O) groups excluding carboxylic acids is 1. The van der Waals surface area contributed by atoms with Gasteiger partial charge in [-0.3, -0.25) is 4.98 Å². The van der Waals surface area contributed by atoms with E-state index in [1.165, 1.54) is 7.11 Å². The average Bonchev–Trinajstić information content (AvgIpc) is 2.35. The van der Waals surface area contributed by atoms with E-state index < -0.39 is 0 Å². The smallest absolute Gasteiger partial charge is 0.333 e. The van der Waals surface area contributed by atoms with Crippen molar-refractivity contribution in [2.45, 2.75) is 20.4 Å². The van der Waals surface area contributed by atoms with E-state index in [9.17, 15) is 4.79 Å². The topological polar surface area (TPSA) is 51.2 Å². The first-order valence-electron chi connectivity index (χ1n) is 5.51. The maximum atomic E-state index is 11.1. The second kappa shape index (κ2) is 6.81. The zero-order chi connectivity index (χ0) is 12.7. The molecule has 0 unspecified atom stereocenters. The monoisotopic (exact) mass is 234 g/mol. The Labute approximate surface area is 102 Å². The number of aromatic nitrogens is 1. The number of nitrogens with one attached hydrogen (secondary N) is 1. The van der Waals surface area contributed by atoms with Crippen LogP contribution in [0.3, 0.4) is 0 Å². The van der Waals surface area contributed by atoms with Crippen LogP contribution in [0.25, 0.3) is 0 Å². The van der Waals surface area contributed by atoms with Crippen LogP contribution in [0, 0.1) is 6.92 Å². The lowest BCUT2D eigenvalue weighted by atomic mass is 10.2. The molecular formula is C13H18N2O2. The molecule has 0 aliphatic carbocycles. The molecule has 0 atom stereocenters. The summed E-state index contributed by atoms with van der Waals surface area (Å²) in [5.41, 5.74) is 2.75. The van der Waals surface area contributed by atoms with E-state index in [-0.39, 0.29) is 5.97 Å². The molecule has 0 aromatic carbocycles. The largest absolute Gasteiger partial charge is 0.466 e. The first-order chi connectivity index (χ1) is 8.13. The molecule has 1 N–H and O–H groups in total.